The molecule has 1 aromatic carbocycles. The summed E-state index contributed by atoms with van der Waals surface area (Å²) in [6, 6.07) is 9.49. The molecule has 0 aliphatic heterocycles. The molecule has 1 rings (SSSR count). The van der Waals surface area contributed by atoms with Gasteiger partial charge in [0.15, 0.2) is 0 Å². The van der Waals surface area contributed by atoms with Crippen LogP contribution in [0.25, 0.3) is 6.08 Å². The minimum absolute atomic E-state index is 0.228. The molecule has 0 saturated heterocycles. The molecule has 0 bridgehead atoms. The average molecular weight is 206 g/mol. The van der Waals surface area contributed by atoms with Crippen LogP contribution in [0.1, 0.15) is 12.5 Å². The molecule has 0 spiro atoms. The lowest BCUT2D eigenvalue weighted by molar-refractivity contribution is -0.139. The van der Waals surface area contributed by atoms with E-state index in [-0.39, 0.29) is 5.76 Å². The highest BCUT2D eigenvalue weighted by Gasteiger charge is 2.09. The number of carbonyl (C=O) groups excluding carboxylic acids is 1. The van der Waals surface area contributed by atoms with Gasteiger partial charge in [-0.05, 0) is 18.6 Å². The second-order valence-corrected chi connectivity index (χ2v) is 2.84. The Labute approximate surface area is 89.3 Å². The first-order valence-corrected chi connectivity index (χ1v) is 4.75. The van der Waals surface area contributed by atoms with Crippen LogP contribution >= 0.6 is 0 Å². The molecule has 3 nitrogen and oxygen atoms in total. The number of methoxy groups -OCH3 is 1. The third-order valence-corrected chi connectivity index (χ3v) is 1.78. The van der Waals surface area contributed by atoms with Crippen molar-refractivity contribution >= 4 is 12.0 Å². The highest BCUT2D eigenvalue weighted by molar-refractivity contribution is 5.91. The summed E-state index contributed by atoms with van der Waals surface area (Å²) in [7, 11) is 1.33. The van der Waals surface area contributed by atoms with Crippen LogP contribution in [-0.2, 0) is 14.3 Å². The van der Waals surface area contributed by atoms with Crippen LogP contribution < -0.4 is 0 Å². The van der Waals surface area contributed by atoms with E-state index in [1.54, 1.807) is 6.08 Å². The van der Waals surface area contributed by atoms with E-state index in [2.05, 4.69) is 4.74 Å². The van der Waals surface area contributed by atoms with Crippen LogP contribution in [0.5, 0.6) is 0 Å². The quantitative estimate of drug-likeness (QED) is 0.430. The maximum atomic E-state index is 11.3. The first kappa shape index (κ1) is 11.3. The second-order valence-electron chi connectivity index (χ2n) is 2.84. The molecule has 0 aromatic heterocycles. The van der Waals surface area contributed by atoms with Gasteiger partial charge in [-0.3, -0.25) is 0 Å². The molecule has 0 fully saturated rings. The molecule has 1 aromatic rings. The SMILES string of the molecule is CCO/C(=C\c1ccccc1)C(=O)OC. The standard InChI is InChI=1S/C12H14O3/c1-3-15-11(12(13)14-2)9-10-7-5-4-6-8-10/h4-9H,3H2,1-2H3/b11-9-. The van der Waals surface area contributed by atoms with Gasteiger partial charge in [0.25, 0.3) is 0 Å². The van der Waals surface area contributed by atoms with Gasteiger partial charge in [0.2, 0.25) is 5.76 Å². The molecule has 15 heavy (non-hydrogen) atoms. The maximum absolute atomic E-state index is 11.3. The van der Waals surface area contributed by atoms with E-state index in [0.717, 1.165) is 5.56 Å². The number of hydrogen-bond donors (Lipinski definition) is 0. The van der Waals surface area contributed by atoms with Crippen molar-refractivity contribution in [3.63, 3.8) is 0 Å². The van der Waals surface area contributed by atoms with Crippen molar-refractivity contribution in [2.45, 2.75) is 6.92 Å². The number of ether oxygens (including phenoxy) is 2. The van der Waals surface area contributed by atoms with Crippen molar-refractivity contribution in [3.05, 3.63) is 41.7 Å². The fourth-order valence-electron chi connectivity index (χ4n) is 1.12. The number of esters is 1. The first-order chi connectivity index (χ1) is 7.27. The van der Waals surface area contributed by atoms with Crippen LogP contribution in [0.3, 0.4) is 0 Å². The zero-order valence-corrected chi connectivity index (χ0v) is 8.90. The zero-order valence-electron chi connectivity index (χ0n) is 8.90. The summed E-state index contributed by atoms with van der Waals surface area (Å²) >= 11 is 0. The van der Waals surface area contributed by atoms with Gasteiger partial charge in [-0.1, -0.05) is 30.3 Å². The van der Waals surface area contributed by atoms with E-state index in [1.165, 1.54) is 7.11 Å². The third-order valence-electron chi connectivity index (χ3n) is 1.78. The van der Waals surface area contributed by atoms with Crippen molar-refractivity contribution in [1.82, 2.24) is 0 Å². The number of rotatable bonds is 4. The molecular weight excluding hydrogens is 192 g/mol. The molecule has 0 N–H and O–H groups in total. The van der Waals surface area contributed by atoms with Crippen LogP contribution in [0, 0.1) is 0 Å². The zero-order chi connectivity index (χ0) is 11.1. The summed E-state index contributed by atoms with van der Waals surface area (Å²) in [4.78, 5) is 11.3. The van der Waals surface area contributed by atoms with Crippen LogP contribution in [0.4, 0.5) is 0 Å². The molecule has 80 valence electrons. The summed E-state index contributed by atoms with van der Waals surface area (Å²) in [6.07, 6.45) is 1.66. The maximum Gasteiger partial charge on any atom is 0.373 e. The predicted octanol–water partition coefficient (Wildman–Crippen LogP) is 2.24. The molecule has 0 saturated carbocycles. The highest BCUT2D eigenvalue weighted by atomic mass is 16.6. The van der Waals surface area contributed by atoms with Gasteiger partial charge in [-0.25, -0.2) is 4.79 Å². The smallest absolute Gasteiger partial charge is 0.373 e. The van der Waals surface area contributed by atoms with Crippen molar-refractivity contribution in [2.75, 3.05) is 13.7 Å². The van der Waals surface area contributed by atoms with Crippen LogP contribution in [0.2, 0.25) is 0 Å². The molecule has 0 unspecified atom stereocenters. The number of benzene rings is 1. The lowest BCUT2D eigenvalue weighted by atomic mass is 10.2. The topological polar surface area (TPSA) is 35.5 Å². The summed E-state index contributed by atoms with van der Waals surface area (Å²) < 4.78 is 9.79. The van der Waals surface area contributed by atoms with Gasteiger partial charge >= 0.3 is 5.97 Å². The average Bonchev–Trinajstić information content (AvgIpc) is 2.29. The van der Waals surface area contributed by atoms with E-state index < -0.39 is 5.97 Å². The summed E-state index contributed by atoms with van der Waals surface area (Å²) in [5.74, 6) is -0.230. The lowest BCUT2D eigenvalue weighted by Crippen LogP contribution is -2.07. The summed E-state index contributed by atoms with van der Waals surface area (Å²) in [6.45, 7) is 2.26. The highest BCUT2D eigenvalue weighted by Crippen LogP contribution is 2.09. The Balaban J connectivity index is 2.88. The van der Waals surface area contributed by atoms with Gasteiger partial charge in [0.05, 0.1) is 13.7 Å². The fourth-order valence-corrected chi connectivity index (χ4v) is 1.12. The van der Waals surface area contributed by atoms with Gasteiger partial charge in [0, 0.05) is 0 Å². The molecule has 0 atom stereocenters. The Bertz CT molecular complexity index is 341. The van der Waals surface area contributed by atoms with Crippen molar-refractivity contribution in [1.29, 1.82) is 0 Å². The molecular formula is C12H14O3. The third kappa shape index (κ3) is 3.46. The monoisotopic (exact) mass is 206 g/mol. The summed E-state index contributed by atoms with van der Waals surface area (Å²) in [5, 5.41) is 0. The first-order valence-electron chi connectivity index (χ1n) is 4.75. The van der Waals surface area contributed by atoms with Gasteiger partial charge in [-0.15, -0.1) is 0 Å². The predicted molar refractivity (Wildman–Crippen MR) is 58.1 cm³/mol. The Morgan fingerprint density at radius 2 is 2.00 bits per heavy atom. The lowest BCUT2D eigenvalue weighted by Gasteiger charge is -2.05. The molecule has 0 aliphatic carbocycles. The van der Waals surface area contributed by atoms with E-state index >= 15 is 0 Å². The minimum atomic E-state index is -0.458. The molecule has 0 radical (unpaired) electrons. The van der Waals surface area contributed by atoms with Crippen LogP contribution in [0.15, 0.2) is 36.1 Å². The number of hydrogen-bond acceptors (Lipinski definition) is 3. The van der Waals surface area contributed by atoms with Crippen molar-refractivity contribution in [2.24, 2.45) is 0 Å². The van der Waals surface area contributed by atoms with Crippen LogP contribution in [-0.4, -0.2) is 19.7 Å². The van der Waals surface area contributed by atoms with E-state index in [4.69, 9.17) is 4.74 Å². The van der Waals surface area contributed by atoms with Gasteiger partial charge in [-0.2, -0.15) is 0 Å². The Morgan fingerprint density at radius 1 is 1.33 bits per heavy atom. The van der Waals surface area contributed by atoms with Crippen molar-refractivity contribution < 1.29 is 14.3 Å². The second kappa shape index (κ2) is 5.86. The number of carbonyl (C=O) groups is 1. The largest absolute Gasteiger partial charge is 0.487 e. The molecule has 0 aliphatic rings. The van der Waals surface area contributed by atoms with E-state index in [0.29, 0.717) is 6.61 Å². The van der Waals surface area contributed by atoms with Gasteiger partial charge < -0.3 is 9.47 Å². The van der Waals surface area contributed by atoms with Gasteiger partial charge in [0.1, 0.15) is 0 Å². The minimum Gasteiger partial charge on any atom is -0.487 e. The Hall–Kier alpha value is -1.77. The van der Waals surface area contributed by atoms with E-state index in [1.807, 2.05) is 37.3 Å². The normalized spacial score (nSPS) is 10.9. The summed E-state index contributed by atoms with van der Waals surface area (Å²) in [5.41, 5.74) is 0.909. The molecule has 3 heteroatoms. The molecule has 0 heterocycles. The van der Waals surface area contributed by atoms with E-state index in [9.17, 15) is 4.79 Å². The fraction of sp³-hybridized carbons (Fsp3) is 0.250. The Kier molecular flexibility index (Phi) is 4.41. The van der Waals surface area contributed by atoms with Crippen molar-refractivity contribution in [3.8, 4) is 0 Å². The molecule has 0 amide bonds. The Morgan fingerprint density at radius 3 is 2.53 bits per heavy atom.